The number of alkyl halides is 6. The number of ether oxygens (including phenoxy) is 2. The highest BCUT2D eigenvalue weighted by atomic mass is 19.4. The summed E-state index contributed by atoms with van der Waals surface area (Å²) in [6.07, 6.45) is -10.2. The Balaban J connectivity index is 0. The van der Waals surface area contributed by atoms with Gasteiger partial charge in [-0.15, -0.1) is 0 Å². The normalized spacial score (nSPS) is 21.7. The summed E-state index contributed by atoms with van der Waals surface area (Å²) in [5.41, 5.74) is 4.54. The van der Waals surface area contributed by atoms with Gasteiger partial charge in [0.15, 0.2) is 0 Å². The molecule has 12 heteroatoms. The number of hydrogen-bond acceptors (Lipinski definition) is 4. The van der Waals surface area contributed by atoms with Gasteiger partial charge in [0.25, 0.3) is 0 Å². The number of primary amides is 1. The molecular formula is C9H11F6NO5. The second kappa shape index (κ2) is 7.71. The number of halogens is 6. The molecule has 0 radical (unpaired) electrons. The van der Waals surface area contributed by atoms with E-state index < -0.39 is 30.2 Å². The number of hydrogen-bond donors (Lipinski definition) is 2. The Labute approximate surface area is 114 Å². The molecule has 1 amide bonds. The number of epoxide rings is 1. The summed E-state index contributed by atoms with van der Waals surface area (Å²) >= 11 is 0. The Kier molecular flexibility index (Phi) is 7.83. The highest BCUT2D eigenvalue weighted by Crippen LogP contribution is 2.60. The van der Waals surface area contributed by atoms with Crippen molar-refractivity contribution < 1.29 is 50.5 Å². The monoisotopic (exact) mass is 327 g/mol. The van der Waals surface area contributed by atoms with E-state index in [0.717, 1.165) is 6.08 Å². The Morgan fingerprint density at radius 2 is 1.71 bits per heavy atom. The molecule has 0 bridgehead atoms. The number of carboxylic acids is 1. The minimum absolute atomic E-state index is 0.356. The smallest absolute Gasteiger partial charge is 0.458 e. The molecule has 0 saturated carbocycles. The minimum Gasteiger partial charge on any atom is -0.478 e. The molecule has 3 N–H and O–H groups in total. The Morgan fingerprint density at radius 1 is 1.38 bits per heavy atom. The molecule has 6 nitrogen and oxygen atoms in total. The number of carbonyl (C=O) groups is 2. The molecular weight excluding hydrogens is 316 g/mol. The number of nitrogens with two attached hydrogens (primary N) is 1. The average molecular weight is 327 g/mol. The molecule has 0 aromatic rings. The summed E-state index contributed by atoms with van der Waals surface area (Å²) in [6, 6.07) is 0. The van der Waals surface area contributed by atoms with E-state index in [0.29, 0.717) is 6.61 Å². The molecule has 0 aromatic carbocycles. The van der Waals surface area contributed by atoms with Gasteiger partial charge in [0.05, 0.1) is 6.61 Å². The van der Waals surface area contributed by atoms with Crippen LogP contribution in [-0.4, -0.2) is 41.9 Å². The lowest BCUT2D eigenvalue weighted by Gasteiger charge is -2.04. The maximum Gasteiger partial charge on any atom is 0.458 e. The van der Waals surface area contributed by atoms with Crippen molar-refractivity contribution in [2.75, 3.05) is 6.61 Å². The summed E-state index contributed by atoms with van der Waals surface area (Å²) in [6.45, 7) is 5.02. The third kappa shape index (κ3) is 7.39. The molecule has 1 atom stereocenters. The lowest BCUT2D eigenvalue weighted by atomic mass is 10.4. The van der Waals surface area contributed by atoms with E-state index in [9.17, 15) is 35.9 Å². The number of amides is 1. The zero-order valence-corrected chi connectivity index (χ0v) is 10.4. The van der Waals surface area contributed by atoms with Crippen LogP contribution in [0.15, 0.2) is 12.7 Å². The summed E-state index contributed by atoms with van der Waals surface area (Å²) in [7, 11) is 0. The fraction of sp³-hybridized carbons (Fsp3) is 0.556. The standard InChI is InChI=1S/C3F6O.C3H7NO2.C3H4O2/c4-1(2(5,6)7)3(8,9)10-1;1-2-6-3(4)5;1-2-3(4)5/h;2H2,1H3,(H2,4,5);2H,1H2,(H,4,5). The van der Waals surface area contributed by atoms with Crippen LogP contribution in [0.1, 0.15) is 6.92 Å². The van der Waals surface area contributed by atoms with Crippen LogP contribution in [0.5, 0.6) is 0 Å². The Bertz CT molecular complexity index is 385. The lowest BCUT2D eigenvalue weighted by molar-refractivity contribution is -0.231. The first kappa shape index (κ1) is 21.3. The highest BCUT2D eigenvalue weighted by molar-refractivity contribution is 5.78. The van der Waals surface area contributed by atoms with E-state index in [1.807, 2.05) is 0 Å². The minimum atomic E-state index is -5.66. The molecule has 0 aliphatic carbocycles. The molecule has 21 heavy (non-hydrogen) atoms. The van der Waals surface area contributed by atoms with E-state index in [1.54, 1.807) is 6.92 Å². The number of rotatable bonds is 2. The van der Waals surface area contributed by atoms with E-state index in [4.69, 9.17) is 5.11 Å². The molecule has 1 fully saturated rings. The molecule has 1 aliphatic heterocycles. The molecule has 124 valence electrons. The van der Waals surface area contributed by atoms with E-state index in [-0.39, 0.29) is 0 Å². The summed E-state index contributed by atoms with van der Waals surface area (Å²) < 4.78 is 74.5. The van der Waals surface area contributed by atoms with E-state index in [2.05, 4.69) is 21.8 Å². The van der Waals surface area contributed by atoms with Crippen molar-refractivity contribution in [3.05, 3.63) is 12.7 Å². The van der Waals surface area contributed by atoms with Gasteiger partial charge in [0.2, 0.25) is 0 Å². The van der Waals surface area contributed by atoms with Gasteiger partial charge in [-0.1, -0.05) is 6.58 Å². The van der Waals surface area contributed by atoms with Crippen LogP contribution in [0.3, 0.4) is 0 Å². The van der Waals surface area contributed by atoms with Gasteiger partial charge in [-0.3, -0.25) is 4.74 Å². The Hall–Kier alpha value is -1.98. The second-order valence-electron chi connectivity index (χ2n) is 3.01. The zero-order chi connectivity index (χ0) is 17.5. The van der Waals surface area contributed by atoms with Crippen LogP contribution in [0.4, 0.5) is 31.1 Å². The van der Waals surface area contributed by atoms with E-state index in [1.165, 1.54) is 0 Å². The van der Waals surface area contributed by atoms with Gasteiger partial charge in [-0.25, -0.2) is 9.59 Å². The van der Waals surface area contributed by atoms with Crippen molar-refractivity contribution >= 4 is 12.1 Å². The molecule has 1 rings (SSSR count). The van der Waals surface area contributed by atoms with Gasteiger partial charge in [-0.05, 0) is 6.92 Å². The number of carbonyl (C=O) groups excluding carboxylic acids is 1. The summed E-state index contributed by atoms with van der Waals surface area (Å²) in [5, 5.41) is 7.60. The van der Waals surface area contributed by atoms with Crippen LogP contribution in [0.2, 0.25) is 0 Å². The van der Waals surface area contributed by atoms with Crippen LogP contribution >= 0.6 is 0 Å². The van der Waals surface area contributed by atoms with Gasteiger partial charge in [0.1, 0.15) is 0 Å². The highest BCUT2D eigenvalue weighted by Gasteiger charge is 2.90. The number of carboxylic acid groups (broad SMARTS) is 1. The first-order chi connectivity index (χ1) is 9.25. The second-order valence-corrected chi connectivity index (χ2v) is 3.01. The molecule has 1 unspecified atom stereocenters. The molecule has 0 spiro atoms. The third-order valence-electron chi connectivity index (χ3n) is 1.43. The molecule has 1 aliphatic rings. The molecule has 0 aromatic heterocycles. The largest absolute Gasteiger partial charge is 0.478 e. The van der Waals surface area contributed by atoms with Crippen molar-refractivity contribution in [3.8, 4) is 0 Å². The van der Waals surface area contributed by atoms with Gasteiger partial charge in [-0.2, -0.15) is 26.3 Å². The van der Waals surface area contributed by atoms with Crippen LogP contribution in [0, 0.1) is 0 Å². The van der Waals surface area contributed by atoms with Crippen molar-refractivity contribution in [1.29, 1.82) is 0 Å². The van der Waals surface area contributed by atoms with Crippen molar-refractivity contribution in [2.24, 2.45) is 5.73 Å². The average Bonchev–Trinajstić information content (AvgIpc) is 2.80. The van der Waals surface area contributed by atoms with Crippen molar-refractivity contribution in [3.63, 3.8) is 0 Å². The SMILES string of the molecule is C=CC(=O)O.CCOC(N)=O.FC(F)(F)C1(F)OC1(F)F. The third-order valence-corrected chi connectivity index (χ3v) is 1.43. The van der Waals surface area contributed by atoms with Crippen LogP contribution in [0.25, 0.3) is 0 Å². The van der Waals surface area contributed by atoms with Gasteiger partial charge < -0.3 is 15.6 Å². The molecule has 1 saturated heterocycles. The van der Waals surface area contributed by atoms with Crippen molar-refractivity contribution in [1.82, 2.24) is 0 Å². The maximum absolute atomic E-state index is 11.7. The first-order valence-electron chi connectivity index (χ1n) is 4.86. The van der Waals surface area contributed by atoms with Crippen LogP contribution in [-0.2, 0) is 14.3 Å². The van der Waals surface area contributed by atoms with Gasteiger partial charge in [0, 0.05) is 6.08 Å². The van der Waals surface area contributed by atoms with Gasteiger partial charge >= 0.3 is 30.2 Å². The predicted octanol–water partition coefficient (Wildman–Crippen LogP) is 2.20. The quantitative estimate of drug-likeness (QED) is 0.460. The predicted molar refractivity (Wildman–Crippen MR) is 55.0 cm³/mol. The Morgan fingerprint density at radius 3 is 1.71 bits per heavy atom. The topological polar surface area (TPSA) is 102 Å². The zero-order valence-electron chi connectivity index (χ0n) is 10.4. The summed E-state index contributed by atoms with van der Waals surface area (Å²) in [5.74, 6) is -5.73. The number of aliphatic carboxylic acids is 1. The van der Waals surface area contributed by atoms with Crippen LogP contribution < -0.4 is 5.73 Å². The lowest BCUT2D eigenvalue weighted by Crippen LogP contribution is -2.32. The summed E-state index contributed by atoms with van der Waals surface area (Å²) in [4.78, 5) is 18.8. The fourth-order valence-corrected chi connectivity index (χ4v) is 0.516. The molecule has 1 heterocycles. The first-order valence-corrected chi connectivity index (χ1v) is 4.86. The van der Waals surface area contributed by atoms with E-state index >= 15 is 0 Å². The van der Waals surface area contributed by atoms with Crippen molar-refractivity contribution in [2.45, 2.75) is 25.1 Å². The maximum atomic E-state index is 11.7. The fourth-order valence-electron chi connectivity index (χ4n) is 0.516.